The summed E-state index contributed by atoms with van der Waals surface area (Å²) in [6.45, 7) is -0.876. The van der Waals surface area contributed by atoms with Gasteiger partial charge in [-0.3, -0.25) is 14.3 Å². The van der Waals surface area contributed by atoms with Gasteiger partial charge in [-0.25, -0.2) is 13.6 Å². The molecular weight excluding hydrogens is 278 g/mol. The molecule has 7 nitrogen and oxygen atoms in total. The number of nitrogens with zero attached hydrogens (tertiary/aromatic N) is 1. The van der Waals surface area contributed by atoms with Crippen LogP contribution in [0.2, 0.25) is 0 Å². The van der Waals surface area contributed by atoms with Gasteiger partial charge in [-0.2, -0.15) is 0 Å². The van der Waals surface area contributed by atoms with Crippen LogP contribution in [-0.2, 0) is 4.74 Å². The van der Waals surface area contributed by atoms with E-state index in [1.165, 1.54) is 6.92 Å². The highest BCUT2D eigenvalue weighted by Gasteiger charge is 2.56. The molecule has 1 aromatic rings. The van der Waals surface area contributed by atoms with E-state index in [0.29, 0.717) is 0 Å². The Hall–Kier alpha value is -1.58. The van der Waals surface area contributed by atoms with Crippen molar-refractivity contribution in [3.8, 4) is 0 Å². The van der Waals surface area contributed by atoms with E-state index in [4.69, 9.17) is 9.84 Å². The molecule has 0 aromatic carbocycles. The lowest BCUT2D eigenvalue weighted by atomic mass is 9.98. The summed E-state index contributed by atoms with van der Waals surface area (Å²) in [5.74, 6) is 0. The van der Waals surface area contributed by atoms with Crippen LogP contribution in [0.15, 0.2) is 15.8 Å². The van der Waals surface area contributed by atoms with E-state index in [9.17, 15) is 23.5 Å². The van der Waals surface area contributed by atoms with Crippen molar-refractivity contribution in [1.29, 1.82) is 0 Å². The minimum absolute atomic E-state index is 0.122. The summed E-state index contributed by atoms with van der Waals surface area (Å²) in [4.78, 5) is 24.8. The molecule has 0 aliphatic carbocycles. The molecule has 0 bridgehead atoms. The van der Waals surface area contributed by atoms with Gasteiger partial charge in [0.1, 0.15) is 12.8 Å². The number of halogens is 2. The van der Waals surface area contributed by atoms with E-state index < -0.39 is 48.6 Å². The van der Waals surface area contributed by atoms with Gasteiger partial charge in [-0.05, 0) is 6.92 Å². The Kier molecular flexibility index (Phi) is 3.76. The first-order valence-electron chi connectivity index (χ1n) is 5.85. The van der Waals surface area contributed by atoms with Crippen LogP contribution in [0.5, 0.6) is 0 Å². The first-order valence-corrected chi connectivity index (χ1v) is 5.85. The summed E-state index contributed by atoms with van der Waals surface area (Å²) >= 11 is 0. The normalized spacial score (nSPS) is 33.5. The third-order valence-electron chi connectivity index (χ3n) is 3.38. The SMILES string of the molecule is Cc1cn([C@@H]2O[C@@](CO)(CF)[C@@H](O)[C@@H]2F)c(=O)[nH]c1=O. The number of aryl methyl sites for hydroxylation is 1. The molecule has 0 radical (unpaired) electrons. The molecule has 9 heteroatoms. The Balaban J connectivity index is 2.47. The van der Waals surface area contributed by atoms with Gasteiger partial charge in [-0.15, -0.1) is 0 Å². The van der Waals surface area contributed by atoms with Crippen LogP contribution in [0.3, 0.4) is 0 Å². The molecule has 2 rings (SSSR count). The predicted molar refractivity (Wildman–Crippen MR) is 62.9 cm³/mol. The Morgan fingerprint density at radius 3 is 2.70 bits per heavy atom. The molecule has 112 valence electrons. The summed E-state index contributed by atoms with van der Waals surface area (Å²) in [7, 11) is 0. The average Bonchev–Trinajstić information content (AvgIpc) is 2.68. The number of nitrogens with one attached hydrogen (secondary N) is 1. The zero-order chi connectivity index (χ0) is 15.1. The van der Waals surface area contributed by atoms with Crippen LogP contribution in [0.1, 0.15) is 11.8 Å². The number of H-pyrrole nitrogens is 1. The van der Waals surface area contributed by atoms with Crippen molar-refractivity contribution in [2.75, 3.05) is 13.3 Å². The number of alkyl halides is 2. The van der Waals surface area contributed by atoms with Crippen molar-refractivity contribution in [2.24, 2.45) is 0 Å². The van der Waals surface area contributed by atoms with Crippen molar-refractivity contribution in [2.45, 2.75) is 31.0 Å². The minimum Gasteiger partial charge on any atom is -0.393 e. The number of aromatic nitrogens is 2. The molecule has 1 fully saturated rings. The van der Waals surface area contributed by atoms with Crippen LogP contribution < -0.4 is 11.2 Å². The summed E-state index contributed by atoms with van der Waals surface area (Å²) in [5.41, 5.74) is -3.59. The summed E-state index contributed by atoms with van der Waals surface area (Å²) in [5, 5.41) is 18.8. The van der Waals surface area contributed by atoms with Crippen LogP contribution in [0, 0.1) is 6.92 Å². The predicted octanol–water partition coefficient (Wildman–Crippen LogP) is -1.23. The Morgan fingerprint density at radius 1 is 1.55 bits per heavy atom. The van der Waals surface area contributed by atoms with E-state index in [-0.39, 0.29) is 5.56 Å². The first-order chi connectivity index (χ1) is 9.36. The molecule has 1 aliphatic rings. The van der Waals surface area contributed by atoms with Gasteiger partial charge in [-0.1, -0.05) is 0 Å². The van der Waals surface area contributed by atoms with Gasteiger partial charge in [0.15, 0.2) is 18.0 Å². The minimum atomic E-state index is -2.12. The Morgan fingerprint density at radius 2 is 2.20 bits per heavy atom. The zero-order valence-corrected chi connectivity index (χ0v) is 10.5. The van der Waals surface area contributed by atoms with E-state index in [0.717, 1.165) is 10.8 Å². The van der Waals surface area contributed by atoms with E-state index >= 15 is 0 Å². The topological polar surface area (TPSA) is 105 Å². The molecule has 4 atom stereocenters. The fourth-order valence-corrected chi connectivity index (χ4v) is 2.09. The maximum absolute atomic E-state index is 14.0. The van der Waals surface area contributed by atoms with Crippen LogP contribution in [0.4, 0.5) is 8.78 Å². The number of aromatic amines is 1. The second-order valence-electron chi connectivity index (χ2n) is 4.73. The van der Waals surface area contributed by atoms with Gasteiger partial charge in [0, 0.05) is 11.8 Å². The highest BCUT2D eigenvalue weighted by atomic mass is 19.1. The molecule has 0 spiro atoms. The van der Waals surface area contributed by atoms with Gasteiger partial charge >= 0.3 is 5.69 Å². The number of aliphatic hydroxyl groups excluding tert-OH is 2. The van der Waals surface area contributed by atoms with Crippen LogP contribution in [0.25, 0.3) is 0 Å². The second kappa shape index (κ2) is 5.08. The fourth-order valence-electron chi connectivity index (χ4n) is 2.09. The summed E-state index contributed by atoms with van der Waals surface area (Å²) < 4.78 is 32.7. The molecule has 1 aromatic heterocycles. The van der Waals surface area contributed by atoms with Crippen LogP contribution >= 0.6 is 0 Å². The van der Waals surface area contributed by atoms with Crippen molar-refractivity contribution >= 4 is 0 Å². The molecule has 20 heavy (non-hydrogen) atoms. The fraction of sp³-hybridized carbons (Fsp3) is 0.636. The molecule has 1 aliphatic heterocycles. The molecule has 3 N–H and O–H groups in total. The summed E-state index contributed by atoms with van der Waals surface area (Å²) in [6.07, 6.45) is -4.63. The monoisotopic (exact) mass is 292 g/mol. The largest absolute Gasteiger partial charge is 0.393 e. The lowest BCUT2D eigenvalue weighted by molar-refractivity contribution is -0.138. The molecule has 0 saturated carbocycles. The lowest BCUT2D eigenvalue weighted by Gasteiger charge is -2.26. The van der Waals surface area contributed by atoms with E-state index in [2.05, 4.69) is 0 Å². The second-order valence-corrected chi connectivity index (χ2v) is 4.73. The number of ether oxygens (including phenoxy) is 1. The number of hydrogen-bond donors (Lipinski definition) is 3. The maximum Gasteiger partial charge on any atom is 0.330 e. The average molecular weight is 292 g/mol. The highest BCUT2D eigenvalue weighted by molar-refractivity contribution is 5.06. The van der Waals surface area contributed by atoms with Gasteiger partial charge < -0.3 is 14.9 Å². The molecule has 0 amide bonds. The van der Waals surface area contributed by atoms with Gasteiger partial charge in [0.25, 0.3) is 5.56 Å². The maximum atomic E-state index is 14.0. The molecule has 0 unspecified atom stereocenters. The molecular formula is C11H14F2N2O5. The van der Waals surface area contributed by atoms with Crippen molar-refractivity contribution in [3.63, 3.8) is 0 Å². The van der Waals surface area contributed by atoms with Crippen molar-refractivity contribution < 1.29 is 23.7 Å². The standard InChI is InChI=1S/C11H14F2N2O5/c1-5-2-15(10(19)14-8(5)18)9-6(13)7(17)11(3-12,4-16)20-9/h2,6-7,9,16-17H,3-4H2,1H3,(H,14,18,19)/t6-,7-,9+,11+/m0/s1. The van der Waals surface area contributed by atoms with Crippen molar-refractivity contribution in [1.82, 2.24) is 9.55 Å². The number of rotatable bonds is 3. The van der Waals surface area contributed by atoms with Gasteiger partial charge in [0.2, 0.25) is 0 Å². The highest BCUT2D eigenvalue weighted by Crippen LogP contribution is 2.38. The van der Waals surface area contributed by atoms with Gasteiger partial charge in [0.05, 0.1) is 6.61 Å². The smallest absolute Gasteiger partial charge is 0.330 e. The Labute approximate surface area is 111 Å². The third kappa shape index (κ3) is 2.07. The number of aliphatic hydroxyl groups is 2. The summed E-state index contributed by atoms with van der Waals surface area (Å²) in [6, 6.07) is 0. The molecule has 1 saturated heterocycles. The zero-order valence-electron chi connectivity index (χ0n) is 10.5. The quantitative estimate of drug-likeness (QED) is 0.647. The van der Waals surface area contributed by atoms with E-state index in [1.807, 2.05) is 4.98 Å². The first kappa shape index (κ1) is 14.8. The third-order valence-corrected chi connectivity index (χ3v) is 3.38. The Bertz CT molecular complexity index is 610. The molecule has 2 heterocycles. The number of hydrogen-bond acceptors (Lipinski definition) is 5. The van der Waals surface area contributed by atoms with Crippen LogP contribution in [-0.4, -0.2) is 50.9 Å². The van der Waals surface area contributed by atoms with E-state index in [1.54, 1.807) is 0 Å². The van der Waals surface area contributed by atoms with Crippen molar-refractivity contribution in [3.05, 3.63) is 32.6 Å². The lowest BCUT2D eigenvalue weighted by Crippen LogP contribution is -2.47.